The molecule has 0 radical (unpaired) electrons. The van der Waals surface area contributed by atoms with E-state index in [-0.39, 0.29) is 18.1 Å². The lowest BCUT2D eigenvalue weighted by molar-refractivity contribution is -0.136. The molecule has 5 heteroatoms. The molecule has 2 saturated heterocycles. The van der Waals surface area contributed by atoms with E-state index < -0.39 is 0 Å². The molecule has 1 aromatic rings. The van der Waals surface area contributed by atoms with Gasteiger partial charge in [-0.25, -0.2) is 0 Å². The maximum Gasteiger partial charge on any atom is 0.239 e. The number of hydrogen-bond donors (Lipinski definition) is 1. The molecule has 2 fully saturated rings. The first-order valence-electron chi connectivity index (χ1n) is 9.06. The highest BCUT2D eigenvalue weighted by Crippen LogP contribution is 2.22. The number of nitrogens with zero attached hydrogens (tertiary/aromatic N) is 2. The van der Waals surface area contributed by atoms with Gasteiger partial charge in [0.25, 0.3) is 0 Å². The van der Waals surface area contributed by atoms with Crippen LogP contribution >= 0.6 is 11.8 Å². The van der Waals surface area contributed by atoms with E-state index in [1.165, 1.54) is 5.56 Å². The highest BCUT2D eigenvalue weighted by atomic mass is 32.2. The lowest BCUT2D eigenvalue weighted by atomic mass is 10.1. The molecule has 2 aliphatic heterocycles. The van der Waals surface area contributed by atoms with Gasteiger partial charge in [-0.2, -0.15) is 11.8 Å². The number of aliphatic hydroxyl groups is 1. The van der Waals surface area contributed by atoms with E-state index in [1.54, 1.807) is 0 Å². The summed E-state index contributed by atoms with van der Waals surface area (Å²) >= 11 is 1.93. The minimum Gasteiger partial charge on any atom is -0.392 e. The number of aryl methyl sites for hydroxylation is 1. The minimum atomic E-state index is -0.365. The average Bonchev–Trinajstić information content (AvgIpc) is 3.09. The molecule has 0 unspecified atom stereocenters. The summed E-state index contributed by atoms with van der Waals surface area (Å²) in [5, 5.41) is 10.4. The lowest BCUT2D eigenvalue weighted by Gasteiger charge is -2.33. The van der Waals surface area contributed by atoms with Crippen molar-refractivity contribution in [3.05, 3.63) is 35.9 Å². The van der Waals surface area contributed by atoms with Crippen LogP contribution in [0.3, 0.4) is 0 Å². The normalized spacial score (nSPS) is 23.4. The Morgan fingerprint density at radius 1 is 1.21 bits per heavy atom. The van der Waals surface area contributed by atoms with Crippen LogP contribution in [0.5, 0.6) is 0 Å². The second kappa shape index (κ2) is 8.88. The maximum absolute atomic E-state index is 12.8. The number of hydrogen-bond acceptors (Lipinski definition) is 4. The van der Waals surface area contributed by atoms with E-state index in [2.05, 4.69) is 17.0 Å². The van der Waals surface area contributed by atoms with Crippen LogP contribution in [0.15, 0.2) is 30.3 Å². The largest absolute Gasteiger partial charge is 0.392 e. The third kappa shape index (κ3) is 4.74. The third-order valence-corrected chi connectivity index (χ3v) is 5.97. The Labute approximate surface area is 149 Å². The Morgan fingerprint density at radius 3 is 2.71 bits per heavy atom. The number of aliphatic hydroxyl groups excluding tert-OH is 1. The Hall–Kier alpha value is -1.04. The molecule has 1 N–H and O–H groups in total. The number of carbonyl (C=O) groups is 1. The van der Waals surface area contributed by atoms with Crippen LogP contribution in [0.2, 0.25) is 0 Å². The summed E-state index contributed by atoms with van der Waals surface area (Å²) in [5.74, 6) is 2.39. The number of benzene rings is 1. The van der Waals surface area contributed by atoms with Crippen LogP contribution in [0.4, 0.5) is 0 Å². The van der Waals surface area contributed by atoms with Crippen LogP contribution in [-0.2, 0) is 11.2 Å². The molecule has 4 nitrogen and oxygen atoms in total. The smallest absolute Gasteiger partial charge is 0.239 e. The topological polar surface area (TPSA) is 43.8 Å². The van der Waals surface area contributed by atoms with E-state index in [4.69, 9.17) is 0 Å². The summed E-state index contributed by atoms with van der Waals surface area (Å²) in [6.45, 7) is 3.31. The first-order chi connectivity index (χ1) is 11.7. The van der Waals surface area contributed by atoms with E-state index in [9.17, 15) is 9.90 Å². The van der Waals surface area contributed by atoms with Crippen LogP contribution in [-0.4, -0.2) is 70.6 Å². The first kappa shape index (κ1) is 17.8. The number of amides is 1. The Kier molecular flexibility index (Phi) is 6.58. The van der Waals surface area contributed by atoms with Gasteiger partial charge in [0, 0.05) is 31.1 Å². The summed E-state index contributed by atoms with van der Waals surface area (Å²) in [4.78, 5) is 17.0. The molecule has 0 spiro atoms. The second-order valence-electron chi connectivity index (χ2n) is 6.77. The van der Waals surface area contributed by atoms with Gasteiger partial charge in [0.1, 0.15) is 0 Å². The predicted molar refractivity (Wildman–Crippen MR) is 99.3 cm³/mol. The molecule has 0 aromatic heterocycles. The zero-order valence-corrected chi connectivity index (χ0v) is 15.1. The Morgan fingerprint density at radius 2 is 1.96 bits per heavy atom. The molecule has 2 heterocycles. The summed E-state index contributed by atoms with van der Waals surface area (Å²) in [7, 11) is 0. The monoisotopic (exact) mass is 348 g/mol. The second-order valence-corrected chi connectivity index (χ2v) is 7.99. The van der Waals surface area contributed by atoms with Gasteiger partial charge in [-0.3, -0.25) is 9.69 Å². The fourth-order valence-corrected chi connectivity index (χ4v) is 4.56. The average molecular weight is 349 g/mol. The van der Waals surface area contributed by atoms with E-state index >= 15 is 0 Å². The van der Waals surface area contributed by atoms with E-state index in [1.807, 2.05) is 34.9 Å². The molecule has 1 amide bonds. The Balaban J connectivity index is 1.48. The van der Waals surface area contributed by atoms with Gasteiger partial charge in [0.2, 0.25) is 5.91 Å². The van der Waals surface area contributed by atoms with Crippen LogP contribution in [0.1, 0.15) is 24.8 Å². The maximum atomic E-state index is 12.8. The van der Waals surface area contributed by atoms with Crippen molar-refractivity contribution in [3.63, 3.8) is 0 Å². The van der Waals surface area contributed by atoms with Crippen LogP contribution < -0.4 is 0 Å². The molecule has 0 aliphatic carbocycles. The fraction of sp³-hybridized carbons (Fsp3) is 0.632. The molecule has 2 atom stereocenters. The molecule has 0 bridgehead atoms. The number of rotatable bonds is 6. The van der Waals surface area contributed by atoms with Crippen LogP contribution in [0.25, 0.3) is 0 Å². The van der Waals surface area contributed by atoms with Gasteiger partial charge < -0.3 is 10.0 Å². The number of β-amino-alcohol motifs (C(OH)–C–C–N with tert-alkyl or cyclic N) is 1. The lowest BCUT2D eigenvalue weighted by Crippen LogP contribution is -2.49. The van der Waals surface area contributed by atoms with Gasteiger partial charge in [0.05, 0.1) is 12.1 Å². The van der Waals surface area contributed by atoms with Gasteiger partial charge >= 0.3 is 0 Å². The fourth-order valence-electron chi connectivity index (χ4n) is 3.66. The zero-order chi connectivity index (χ0) is 16.8. The Bertz CT molecular complexity index is 519. The summed E-state index contributed by atoms with van der Waals surface area (Å²) in [5.41, 5.74) is 1.26. The number of likely N-dealkylation sites (tertiary alicyclic amines) is 1. The first-order valence-corrected chi connectivity index (χ1v) is 10.2. The number of thioether (sulfide) groups is 1. The van der Waals surface area contributed by atoms with Crippen molar-refractivity contribution < 1.29 is 9.90 Å². The van der Waals surface area contributed by atoms with Gasteiger partial charge in [-0.1, -0.05) is 30.3 Å². The van der Waals surface area contributed by atoms with Crippen LogP contribution in [0, 0.1) is 0 Å². The van der Waals surface area contributed by atoms with Crippen molar-refractivity contribution >= 4 is 17.7 Å². The summed E-state index contributed by atoms with van der Waals surface area (Å²) in [6.07, 6.45) is 3.27. The van der Waals surface area contributed by atoms with Gasteiger partial charge in [-0.15, -0.1) is 0 Å². The molecule has 24 heavy (non-hydrogen) atoms. The van der Waals surface area contributed by atoms with Gasteiger partial charge in [0.15, 0.2) is 0 Å². The third-order valence-electron chi connectivity index (χ3n) is 5.03. The molecule has 3 rings (SSSR count). The van der Waals surface area contributed by atoms with Crippen molar-refractivity contribution in [1.29, 1.82) is 0 Å². The molecular formula is C19H28N2O2S. The standard InChI is InChI=1S/C19H28N2O2S/c22-17(9-8-16-5-2-1-3-6-16)15-21-10-4-7-18(21)19(23)20-11-13-24-14-12-20/h1-3,5-6,17-18,22H,4,7-15H2/t17-,18+/m0/s1. The summed E-state index contributed by atoms with van der Waals surface area (Å²) < 4.78 is 0. The van der Waals surface area contributed by atoms with Crippen molar-refractivity contribution in [2.45, 2.75) is 37.8 Å². The molecule has 0 saturated carbocycles. The van der Waals surface area contributed by atoms with Crippen molar-refractivity contribution in [3.8, 4) is 0 Å². The molecule has 1 aromatic carbocycles. The quantitative estimate of drug-likeness (QED) is 0.854. The van der Waals surface area contributed by atoms with Crippen molar-refractivity contribution in [1.82, 2.24) is 9.80 Å². The van der Waals surface area contributed by atoms with Crippen molar-refractivity contribution in [2.75, 3.05) is 37.7 Å². The predicted octanol–water partition coefficient (Wildman–Crippen LogP) is 2.02. The van der Waals surface area contributed by atoms with Crippen molar-refractivity contribution in [2.24, 2.45) is 0 Å². The van der Waals surface area contributed by atoms with E-state index in [0.29, 0.717) is 6.54 Å². The zero-order valence-electron chi connectivity index (χ0n) is 14.3. The highest BCUT2D eigenvalue weighted by molar-refractivity contribution is 7.99. The SMILES string of the molecule is O=C([C@H]1CCCN1C[C@@H](O)CCc1ccccc1)N1CCSCC1. The molecular weight excluding hydrogens is 320 g/mol. The highest BCUT2D eigenvalue weighted by Gasteiger charge is 2.34. The minimum absolute atomic E-state index is 0.0144. The summed E-state index contributed by atoms with van der Waals surface area (Å²) in [6, 6.07) is 10.3. The van der Waals surface area contributed by atoms with E-state index in [0.717, 1.165) is 56.8 Å². The molecule has 132 valence electrons. The number of carbonyl (C=O) groups excluding carboxylic acids is 1. The van der Waals surface area contributed by atoms with Gasteiger partial charge in [-0.05, 0) is 37.8 Å². The molecule has 2 aliphatic rings.